The maximum atomic E-state index is 13.4. The molecule has 2 heterocycles. The largest absolute Gasteiger partial charge is 0.324 e. The first-order valence-corrected chi connectivity index (χ1v) is 14.4. The fourth-order valence-corrected chi connectivity index (χ4v) is 6.60. The van der Waals surface area contributed by atoms with Gasteiger partial charge in [-0.25, -0.2) is 18.4 Å². The molecule has 0 spiro atoms. The van der Waals surface area contributed by atoms with E-state index in [1.807, 2.05) is 19.2 Å². The van der Waals surface area contributed by atoms with Crippen molar-refractivity contribution in [2.75, 3.05) is 13.1 Å². The average Bonchev–Trinajstić information content (AvgIpc) is 3.50. The lowest BCUT2D eigenvalue weighted by Crippen LogP contribution is -2.24. The summed E-state index contributed by atoms with van der Waals surface area (Å²) in [6.45, 7) is 7.07. The van der Waals surface area contributed by atoms with Gasteiger partial charge in [-0.05, 0) is 61.8 Å². The zero-order valence-electron chi connectivity index (χ0n) is 19.6. The van der Waals surface area contributed by atoms with Gasteiger partial charge in [0.2, 0.25) is 0 Å². The molecule has 1 aliphatic heterocycles. The molecular weight excluding hydrogens is 472 g/mol. The van der Waals surface area contributed by atoms with Crippen molar-refractivity contribution in [1.82, 2.24) is 19.2 Å². The molecule has 0 bridgehead atoms. The average molecular weight is 503 g/mol. The number of aliphatic imine (C=N–C) groups is 2. The number of hydrogen-bond acceptors (Lipinski definition) is 6. The monoisotopic (exact) mass is 502 g/mol. The minimum Gasteiger partial charge on any atom is -0.265 e. The lowest BCUT2D eigenvalue weighted by Gasteiger charge is -2.15. The Kier molecular flexibility index (Phi) is 6.19. The predicted octanol–water partition coefficient (Wildman–Crippen LogP) is 2.62. The van der Waals surface area contributed by atoms with Crippen LogP contribution in [0, 0.1) is 5.92 Å². The van der Waals surface area contributed by atoms with Crippen LogP contribution in [0.4, 0.5) is 0 Å². The molecule has 1 saturated heterocycles. The molecule has 182 valence electrons. The molecule has 34 heavy (non-hydrogen) atoms. The molecular formula is C23H30N6O3S2. The number of fused-ring (bicyclic) bond motifs is 3. The minimum atomic E-state index is -3.69. The summed E-state index contributed by atoms with van der Waals surface area (Å²) in [5.74, 6) is 1.32. The van der Waals surface area contributed by atoms with E-state index in [2.05, 4.69) is 39.1 Å². The van der Waals surface area contributed by atoms with Crippen LogP contribution < -0.4 is 14.2 Å². The highest BCUT2D eigenvalue weighted by Crippen LogP contribution is 2.44. The van der Waals surface area contributed by atoms with Crippen LogP contribution in [-0.4, -0.2) is 42.4 Å². The van der Waals surface area contributed by atoms with Crippen LogP contribution in [-0.2, 0) is 27.6 Å². The highest BCUT2D eigenvalue weighted by Gasteiger charge is 2.33. The van der Waals surface area contributed by atoms with E-state index in [0.717, 1.165) is 58.2 Å². The van der Waals surface area contributed by atoms with Gasteiger partial charge >= 0.3 is 10.2 Å². The normalized spacial score (nSPS) is 24.5. The van der Waals surface area contributed by atoms with Crippen molar-refractivity contribution < 1.29 is 12.6 Å². The Morgan fingerprint density at radius 3 is 2.65 bits per heavy atom. The standard InChI is InChI=1S/C23H30N6O3S2/c1-4-24-22-23(29-34(31,32)28-22)27-19-8-7-15-16(19)10-21(33(30)26-11-13(2)3)17-9-20(14-5-6-14)25-12-18(15)17/h9-10,12-14,19,26H,4-8,11H2,1-3H3,(H,24,28)(H,27,29). The molecule has 2 unspecified atom stereocenters. The van der Waals surface area contributed by atoms with Gasteiger partial charge in [-0.15, -0.1) is 0 Å². The van der Waals surface area contributed by atoms with E-state index in [9.17, 15) is 12.6 Å². The number of nitrogens with one attached hydrogen (secondary N) is 3. The molecule has 11 heteroatoms. The SMILES string of the molecule is CCN=C1NS(=O)(=O)NC1=NC1CCc2c1cc(S(=O)NCC(C)C)c1cc(C3CC3)ncc21. The summed E-state index contributed by atoms with van der Waals surface area (Å²) in [7, 11) is -5.08. The van der Waals surface area contributed by atoms with Crippen LogP contribution in [0.1, 0.15) is 68.8 Å². The van der Waals surface area contributed by atoms with Gasteiger partial charge in [-0.2, -0.15) is 8.42 Å². The summed E-state index contributed by atoms with van der Waals surface area (Å²) in [5, 5.41) is 1.99. The van der Waals surface area contributed by atoms with Crippen molar-refractivity contribution in [3.05, 3.63) is 35.2 Å². The zero-order valence-corrected chi connectivity index (χ0v) is 21.2. The molecule has 1 aromatic carbocycles. The number of hydrogen-bond donors (Lipinski definition) is 3. The third kappa shape index (κ3) is 4.60. The van der Waals surface area contributed by atoms with Crippen LogP contribution in [0.2, 0.25) is 0 Å². The molecule has 5 rings (SSSR count). The van der Waals surface area contributed by atoms with E-state index in [1.165, 1.54) is 0 Å². The van der Waals surface area contributed by atoms with Crippen LogP contribution in [0.15, 0.2) is 33.2 Å². The van der Waals surface area contributed by atoms with Gasteiger partial charge in [0.15, 0.2) is 11.7 Å². The minimum absolute atomic E-state index is 0.225. The molecule has 3 N–H and O–H groups in total. The highest BCUT2D eigenvalue weighted by molar-refractivity contribution is 7.89. The van der Waals surface area contributed by atoms with Gasteiger partial charge in [0, 0.05) is 41.7 Å². The number of nitrogens with zero attached hydrogens (tertiary/aromatic N) is 3. The Labute approximate surface area is 202 Å². The van der Waals surface area contributed by atoms with Gasteiger partial charge in [-0.1, -0.05) is 13.8 Å². The molecule has 1 aromatic heterocycles. The maximum Gasteiger partial charge on any atom is 0.324 e. The Balaban J connectivity index is 1.60. The Morgan fingerprint density at radius 1 is 1.18 bits per heavy atom. The third-order valence-corrected chi connectivity index (χ3v) is 8.37. The van der Waals surface area contributed by atoms with Crippen molar-refractivity contribution in [2.24, 2.45) is 15.9 Å². The van der Waals surface area contributed by atoms with Gasteiger partial charge in [0.05, 0.1) is 10.9 Å². The molecule has 2 aliphatic carbocycles. The first kappa shape index (κ1) is 23.4. The number of aromatic nitrogens is 1. The van der Waals surface area contributed by atoms with E-state index in [-0.39, 0.29) is 17.7 Å². The molecule has 3 aliphatic rings. The fraction of sp³-hybridized carbons (Fsp3) is 0.522. The summed E-state index contributed by atoms with van der Waals surface area (Å²) < 4.78 is 45.5. The van der Waals surface area contributed by atoms with E-state index >= 15 is 0 Å². The predicted molar refractivity (Wildman–Crippen MR) is 135 cm³/mol. The summed E-state index contributed by atoms with van der Waals surface area (Å²) in [4.78, 5) is 14.4. The lowest BCUT2D eigenvalue weighted by atomic mass is 10.0. The number of rotatable bonds is 7. The molecule has 2 atom stereocenters. The molecule has 2 aromatic rings. The molecule has 0 radical (unpaired) electrons. The van der Waals surface area contributed by atoms with Gasteiger partial charge in [0.25, 0.3) is 0 Å². The number of amidine groups is 2. The Morgan fingerprint density at radius 2 is 1.94 bits per heavy atom. The first-order chi connectivity index (χ1) is 16.3. The van der Waals surface area contributed by atoms with Crippen LogP contribution in [0.25, 0.3) is 10.8 Å². The second-order valence-electron chi connectivity index (χ2n) is 9.45. The number of aryl methyl sites for hydroxylation is 1. The van der Waals surface area contributed by atoms with E-state index < -0.39 is 21.2 Å². The van der Waals surface area contributed by atoms with Crippen LogP contribution in [0.3, 0.4) is 0 Å². The van der Waals surface area contributed by atoms with Crippen molar-refractivity contribution in [3.8, 4) is 0 Å². The van der Waals surface area contributed by atoms with Crippen molar-refractivity contribution in [3.63, 3.8) is 0 Å². The van der Waals surface area contributed by atoms with Crippen molar-refractivity contribution in [2.45, 2.75) is 63.3 Å². The van der Waals surface area contributed by atoms with Gasteiger partial charge in [0.1, 0.15) is 11.0 Å². The first-order valence-electron chi connectivity index (χ1n) is 11.8. The summed E-state index contributed by atoms with van der Waals surface area (Å²) in [5.41, 5.74) is 3.18. The van der Waals surface area contributed by atoms with Crippen LogP contribution in [0.5, 0.6) is 0 Å². The van der Waals surface area contributed by atoms with Crippen molar-refractivity contribution in [1.29, 1.82) is 0 Å². The van der Waals surface area contributed by atoms with Crippen molar-refractivity contribution >= 4 is 43.6 Å². The molecule has 2 fully saturated rings. The maximum absolute atomic E-state index is 13.4. The molecule has 1 saturated carbocycles. The number of pyridine rings is 1. The summed E-state index contributed by atoms with van der Waals surface area (Å²) >= 11 is 0. The molecule has 0 amide bonds. The fourth-order valence-electron chi connectivity index (χ4n) is 4.49. The number of benzene rings is 1. The van der Waals surface area contributed by atoms with Crippen LogP contribution >= 0.6 is 0 Å². The smallest absolute Gasteiger partial charge is 0.265 e. The summed E-state index contributed by atoms with van der Waals surface area (Å²) in [6, 6.07) is 3.84. The summed E-state index contributed by atoms with van der Waals surface area (Å²) in [6.07, 6.45) is 5.75. The van der Waals surface area contributed by atoms with Gasteiger partial charge < -0.3 is 0 Å². The zero-order chi connectivity index (χ0) is 24.0. The second-order valence-corrected chi connectivity index (χ2v) is 12.1. The Bertz CT molecular complexity index is 1330. The molecule has 9 nitrogen and oxygen atoms in total. The second kappa shape index (κ2) is 9.01. The lowest BCUT2D eigenvalue weighted by molar-refractivity contribution is 0.591. The highest BCUT2D eigenvalue weighted by atomic mass is 32.2. The quantitative estimate of drug-likeness (QED) is 0.538. The van der Waals surface area contributed by atoms with Gasteiger partial charge in [-0.3, -0.25) is 15.0 Å². The third-order valence-electron chi connectivity index (χ3n) is 6.28. The van der Waals surface area contributed by atoms with E-state index in [4.69, 9.17) is 9.98 Å². The Hall–Kier alpha value is -2.37. The topological polar surface area (TPSA) is 125 Å². The van der Waals surface area contributed by atoms with E-state index in [0.29, 0.717) is 24.9 Å². The van der Waals surface area contributed by atoms with E-state index in [1.54, 1.807) is 0 Å².